The maximum absolute atomic E-state index is 11.7. The number of hydrogen-bond donors (Lipinski definition) is 2. The van der Waals surface area contributed by atoms with Gasteiger partial charge in [0, 0.05) is 0 Å². The number of rotatable bonds is 10. The second kappa shape index (κ2) is 12.5. The molecule has 0 aromatic heterocycles. The van der Waals surface area contributed by atoms with Crippen molar-refractivity contribution in [2.24, 2.45) is 0 Å². The fourth-order valence-electron chi connectivity index (χ4n) is 4.95. The van der Waals surface area contributed by atoms with Gasteiger partial charge in [-0.15, -0.1) is 0 Å². The molecule has 0 aliphatic carbocycles. The zero-order valence-electron chi connectivity index (χ0n) is 21.6. The molecule has 0 radical (unpaired) electrons. The van der Waals surface area contributed by atoms with E-state index < -0.39 is 23.9 Å². The highest BCUT2D eigenvalue weighted by atomic mass is 16.5. The quantitative estimate of drug-likeness (QED) is 0.195. The van der Waals surface area contributed by atoms with Crippen LogP contribution in [0.1, 0.15) is 33.9 Å². The lowest BCUT2D eigenvalue weighted by Gasteiger charge is -2.40. The second-order valence-electron chi connectivity index (χ2n) is 9.48. The number of hydrogen-bond acceptors (Lipinski definition) is 3. The van der Waals surface area contributed by atoms with E-state index in [1.807, 2.05) is 164 Å². The first-order valence-electron chi connectivity index (χ1n) is 13.2. The van der Waals surface area contributed by atoms with Crippen LogP contribution in [0, 0.1) is 0 Å². The average molecular weight is 513 g/mol. The molecule has 0 amide bonds. The zero-order chi connectivity index (χ0) is 26.9. The minimum absolute atomic E-state index is 0.622. The molecule has 5 aromatic carbocycles. The smallest absolute Gasteiger partial charge is 0.144 e. The molecule has 2 N–H and O–H groups in total. The first-order valence-corrected chi connectivity index (χ1v) is 13.2. The second-order valence-corrected chi connectivity index (χ2v) is 9.48. The topological polar surface area (TPSA) is 49.7 Å². The first-order chi connectivity index (χ1) is 19.2. The van der Waals surface area contributed by atoms with Gasteiger partial charge in [0.25, 0.3) is 0 Å². The highest BCUT2D eigenvalue weighted by Gasteiger charge is 2.42. The Bertz CT molecular complexity index is 1340. The van der Waals surface area contributed by atoms with Gasteiger partial charge in [-0.05, 0) is 27.8 Å². The molecular weight excluding hydrogens is 480 g/mol. The maximum Gasteiger partial charge on any atom is 0.144 e. The van der Waals surface area contributed by atoms with Gasteiger partial charge in [0.2, 0.25) is 0 Å². The van der Waals surface area contributed by atoms with Crippen molar-refractivity contribution in [2.45, 2.75) is 23.9 Å². The molecule has 5 aromatic rings. The minimum Gasteiger partial charge on any atom is -0.387 e. The van der Waals surface area contributed by atoms with Gasteiger partial charge in [0.05, 0.1) is 0 Å². The Hall–Kier alpha value is -4.28. The highest BCUT2D eigenvalue weighted by molar-refractivity contribution is 5.51. The summed E-state index contributed by atoms with van der Waals surface area (Å²) >= 11 is 0. The van der Waals surface area contributed by atoms with Crippen LogP contribution in [0.25, 0.3) is 6.08 Å². The normalized spacial score (nSPS) is 14.1. The summed E-state index contributed by atoms with van der Waals surface area (Å²) in [7, 11) is 0. The van der Waals surface area contributed by atoms with Crippen LogP contribution in [0.2, 0.25) is 0 Å². The van der Waals surface area contributed by atoms with Crippen LogP contribution < -0.4 is 0 Å². The summed E-state index contributed by atoms with van der Waals surface area (Å²) < 4.78 is 7.13. The van der Waals surface area contributed by atoms with Gasteiger partial charge in [-0.3, -0.25) is 0 Å². The molecule has 0 bridgehead atoms. The third-order valence-electron chi connectivity index (χ3n) is 6.93. The summed E-state index contributed by atoms with van der Waals surface area (Å²) in [6.07, 6.45) is 0.494. The van der Waals surface area contributed by atoms with Crippen molar-refractivity contribution in [3.05, 3.63) is 186 Å². The van der Waals surface area contributed by atoms with Crippen molar-refractivity contribution < 1.29 is 14.9 Å². The molecule has 0 aliphatic heterocycles. The number of aliphatic hydroxyl groups is 2. The molecule has 0 unspecified atom stereocenters. The first kappa shape index (κ1) is 26.3. The van der Waals surface area contributed by atoms with Crippen LogP contribution in [0.3, 0.4) is 0 Å². The lowest BCUT2D eigenvalue weighted by molar-refractivity contribution is -0.114. The molecular formula is C36H32O3. The molecule has 3 nitrogen and oxygen atoms in total. The van der Waals surface area contributed by atoms with Gasteiger partial charge >= 0.3 is 0 Å². The molecule has 0 aliphatic rings. The number of benzene rings is 5. The van der Waals surface area contributed by atoms with Crippen LogP contribution in [-0.2, 0) is 10.3 Å². The average Bonchev–Trinajstić information content (AvgIpc) is 3.03. The third-order valence-corrected chi connectivity index (χ3v) is 6.93. The van der Waals surface area contributed by atoms with Crippen LogP contribution in [-0.4, -0.2) is 22.4 Å². The lowest BCUT2D eigenvalue weighted by Crippen LogP contribution is -2.42. The third kappa shape index (κ3) is 5.92. The molecule has 3 atom stereocenters. The summed E-state index contributed by atoms with van der Waals surface area (Å²) in [5.41, 5.74) is 3.28. The Morgan fingerprint density at radius 3 is 1.33 bits per heavy atom. The monoisotopic (exact) mass is 512 g/mol. The van der Waals surface area contributed by atoms with Gasteiger partial charge in [-0.2, -0.15) is 0 Å². The fraction of sp³-hybridized carbons (Fsp3) is 0.111. The van der Waals surface area contributed by atoms with Gasteiger partial charge in [-0.25, -0.2) is 0 Å². The molecule has 0 saturated heterocycles. The van der Waals surface area contributed by atoms with Crippen molar-refractivity contribution in [3.63, 3.8) is 0 Å². The van der Waals surface area contributed by atoms with Crippen LogP contribution in [0.15, 0.2) is 158 Å². The molecule has 0 heterocycles. The van der Waals surface area contributed by atoms with Gasteiger partial charge in [-0.1, -0.05) is 164 Å². The molecule has 3 heteroatoms. The molecule has 0 fully saturated rings. The predicted molar refractivity (Wildman–Crippen MR) is 157 cm³/mol. The lowest BCUT2D eigenvalue weighted by atomic mass is 9.79. The van der Waals surface area contributed by atoms with E-state index in [0.717, 1.165) is 22.3 Å². The van der Waals surface area contributed by atoms with Crippen LogP contribution in [0.5, 0.6) is 0 Å². The van der Waals surface area contributed by atoms with Crippen molar-refractivity contribution in [2.75, 3.05) is 0 Å². The van der Waals surface area contributed by atoms with E-state index in [2.05, 4.69) is 0 Å². The molecule has 5 rings (SSSR count). The molecule has 194 valence electrons. The predicted octanol–water partition coefficient (Wildman–Crippen LogP) is 7.17. The van der Waals surface area contributed by atoms with Crippen LogP contribution in [0.4, 0.5) is 0 Å². The van der Waals surface area contributed by atoms with E-state index in [4.69, 9.17) is 4.74 Å². The van der Waals surface area contributed by atoms with E-state index in [9.17, 15) is 10.2 Å². The largest absolute Gasteiger partial charge is 0.387 e. The number of aliphatic hydroxyl groups excluding tert-OH is 2. The Labute approximate surface area is 230 Å². The van der Waals surface area contributed by atoms with Crippen molar-refractivity contribution >= 4 is 6.08 Å². The Balaban J connectivity index is 1.67. The Morgan fingerprint density at radius 1 is 0.513 bits per heavy atom. The van der Waals surface area contributed by atoms with Crippen molar-refractivity contribution in [3.8, 4) is 0 Å². The summed E-state index contributed by atoms with van der Waals surface area (Å²) in [5, 5.41) is 23.0. The van der Waals surface area contributed by atoms with E-state index in [0.29, 0.717) is 5.56 Å². The van der Waals surface area contributed by atoms with Crippen molar-refractivity contribution in [1.82, 2.24) is 0 Å². The SMILES string of the molecule is O[C@@H]([C@H](/C=C/c1ccccc1)OC(c1ccccc1)(c1ccccc1)c1ccccc1)[C@H](O)c1ccccc1. The standard InChI is InChI=1S/C36H32O3/c37-34(29-18-8-2-9-19-29)35(38)33(27-26-28-16-6-1-7-17-28)39-36(30-20-10-3-11-21-30,31-22-12-4-13-23-31)32-24-14-5-15-25-32/h1-27,33-35,37-38H/b27-26+/t33-,34+,35-/m0/s1. The number of ether oxygens (including phenoxy) is 1. The summed E-state index contributed by atoms with van der Waals surface area (Å²) in [6, 6.07) is 49.2. The maximum atomic E-state index is 11.7. The van der Waals surface area contributed by atoms with Crippen LogP contribution >= 0.6 is 0 Å². The van der Waals surface area contributed by atoms with Gasteiger partial charge in [0.15, 0.2) is 0 Å². The molecule has 0 saturated carbocycles. The van der Waals surface area contributed by atoms with Crippen molar-refractivity contribution in [1.29, 1.82) is 0 Å². The van der Waals surface area contributed by atoms with Gasteiger partial charge in [0.1, 0.15) is 23.9 Å². The molecule has 0 spiro atoms. The molecule has 39 heavy (non-hydrogen) atoms. The Morgan fingerprint density at radius 2 is 0.897 bits per heavy atom. The highest BCUT2D eigenvalue weighted by Crippen LogP contribution is 2.42. The van der Waals surface area contributed by atoms with E-state index in [1.54, 1.807) is 0 Å². The zero-order valence-corrected chi connectivity index (χ0v) is 21.6. The van der Waals surface area contributed by atoms with E-state index >= 15 is 0 Å². The van der Waals surface area contributed by atoms with E-state index in [1.165, 1.54) is 0 Å². The minimum atomic E-state index is -1.25. The summed E-state index contributed by atoms with van der Waals surface area (Å²) in [5.74, 6) is 0. The van der Waals surface area contributed by atoms with E-state index in [-0.39, 0.29) is 0 Å². The summed E-state index contributed by atoms with van der Waals surface area (Å²) in [6.45, 7) is 0. The van der Waals surface area contributed by atoms with Gasteiger partial charge < -0.3 is 14.9 Å². The summed E-state index contributed by atoms with van der Waals surface area (Å²) in [4.78, 5) is 0. The Kier molecular flexibility index (Phi) is 8.45. The fourth-order valence-corrected chi connectivity index (χ4v) is 4.95.